The Balaban J connectivity index is 1.72. The topological polar surface area (TPSA) is 122 Å². The molecule has 1 fully saturated rings. The molecular formula is C24H21F7N2O7S. The zero-order valence-corrected chi connectivity index (χ0v) is 21.8. The molecule has 1 amide bonds. The second-order valence-corrected chi connectivity index (χ2v) is 11.7. The number of rotatable bonds is 6. The number of aliphatic carboxylic acids is 1. The second kappa shape index (κ2) is 9.95. The van der Waals surface area contributed by atoms with Gasteiger partial charge in [0, 0.05) is 11.6 Å². The minimum absolute atomic E-state index is 0.102. The lowest BCUT2D eigenvalue weighted by molar-refractivity contribution is -0.242. The van der Waals surface area contributed by atoms with Gasteiger partial charge in [-0.3, -0.25) is 14.4 Å². The molecule has 224 valence electrons. The highest BCUT2D eigenvalue weighted by Crippen LogP contribution is 2.48. The Morgan fingerprint density at radius 1 is 1.07 bits per heavy atom. The normalized spacial score (nSPS) is 21.0. The molecule has 1 aliphatic carbocycles. The molecule has 1 unspecified atom stereocenters. The first-order valence-corrected chi connectivity index (χ1v) is 13.2. The van der Waals surface area contributed by atoms with Gasteiger partial charge in [0.2, 0.25) is 5.60 Å². The number of halogens is 7. The first-order valence-electron chi connectivity index (χ1n) is 11.7. The van der Waals surface area contributed by atoms with Gasteiger partial charge in [0.25, 0.3) is 10.0 Å². The molecule has 3 atom stereocenters. The number of amides is 1. The number of carbonyl (C=O) groups is 2. The molecule has 1 saturated carbocycles. The summed E-state index contributed by atoms with van der Waals surface area (Å²) in [4.78, 5) is 22.6. The monoisotopic (exact) mass is 614 g/mol. The molecule has 0 spiro atoms. The number of anilines is 2. The summed E-state index contributed by atoms with van der Waals surface area (Å²) < 4.78 is 131. The Morgan fingerprint density at radius 2 is 1.73 bits per heavy atom. The van der Waals surface area contributed by atoms with E-state index in [2.05, 4.69) is 4.74 Å². The highest BCUT2D eigenvalue weighted by molar-refractivity contribution is 7.92. The summed E-state index contributed by atoms with van der Waals surface area (Å²) in [5, 5.41) is 11.3. The molecular weight excluding hydrogens is 593 g/mol. The van der Waals surface area contributed by atoms with Crippen molar-refractivity contribution in [1.82, 2.24) is 0 Å². The standard InChI is InChI=1S/C24H21F7N2O7S/c1-22(2,24(29,30)31)40-21(36)32-11-3-6-18-17(7-11)33(10-19(39-18)13-9-14(13)20(34)35)41(37,38)12-4-5-16(25)15(8-12)23(26,27)28/h3-8,13-14,19H,9-10H2,1-2H3,(H,32,36)(H,34,35)/t13-,14+,19?/m0/s1. The van der Waals surface area contributed by atoms with Crippen molar-refractivity contribution in [3.05, 3.63) is 47.8 Å². The summed E-state index contributed by atoms with van der Waals surface area (Å²) in [6, 6.07) is 4.28. The number of hydrogen-bond donors (Lipinski definition) is 2. The lowest BCUT2D eigenvalue weighted by Crippen LogP contribution is -2.45. The van der Waals surface area contributed by atoms with E-state index in [1.165, 1.54) is 0 Å². The van der Waals surface area contributed by atoms with E-state index in [1.807, 2.05) is 5.32 Å². The van der Waals surface area contributed by atoms with Gasteiger partial charge in [-0.1, -0.05) is 0 Å². The SMILES string of the molecule is CC(C)(OC(=O)Nc1ccc2c(c1)N(S(=O)(=O)c1ccc(F)c(C(F)(F)F)c1)CC([C@H]1C[C@H]1C(=O)O)O2)C(F)(F)F. The van der Waals surface area contributed by atoms with Gasteiger partial charge in [0.1, 0.15) is 17.7 Å². The molecule has 17 heteroatoms. The van der Waals surface area contributed by atoms with Crippen LogP contribution in [0.15, 0.2) is 41.3 Å². The summed E-state index contributed by atoms with van der Waals surface area (Å²) in [6.45, 7) is 0.626. The van der Waals surface area contributed by atoms with Crippen LogP contribution >= 0.6 is 0 Å². The number of nitrogens with zero attached hydrogens (tertiary/aromatic N) is 1. The number of ether oxygens (including phenoxy) is 2. The Labute approximate surface area is 227 Å². The zero-order valence-electron chi connectivity index (χ0n) is 21.0. The molecule has 0 bridgehead atoms. The molecule has 2 N–H and O–H groups in total. The van der Waals surface area contributed by atoms with Crippen molar-refractivity contribution in [3.8, 4) is 5.75 Å². The van der Waals surface area contributed by atoms with Gasteiger partial charge in [0.05, 0.1) is 28.6 Å². The van der Waals surface area contributed by atoms with Crippen LogP contribution in [0.25, 0.3) is 0 Å². The number of alkyl halides is 6. The van der Waals surface area contributed by atoms with Crippen molar-refractivity contribution in [2.24, 2.45) is 11.8 Å². The third-order valence-corrected chi connectivity index (χ3v) is 8.37. The number of sulfonamides is 1. The molecule has 41 heavy (non-hydrogen) atoms. The number of benzene rings is 2. The molecule has 4 rings (SSSR count). The van der Waals surface area contributed by atoms with Crippen molar-refractivity contribution >= 4 is 33.5 Å². The minimum Gasteiger partial charge on any atom is -0.486 e. The quantitative estimate of drug-likeness (QED) is 0.418. The predicted octanol–water partition coefficient (Wildman–Crippen LogP) is 5.41. The summed E-state index contributed by atoms with van der Waals surface area (Å²) in [5.74, 6) is -4.55. The van der Waals surface area contributed by atoms with Crippen LogP contribution in [0, 0.1) is 17.7 Å². The Hall–Kier alpha value is -3.76. The van der Waals surface area contributed by atoms with Crippen LogP contribution in [-0.4, -0.2) is 50.0 Å². The van der Waals surface area contributed by atoms with E-state index in [1.54, 1.807) is 0 Å². The van der Waals surface area contributed by atoms with Crippen molar-refractivity contribution in [2.45, 2.75) is 49.2 Å². The van der Waals surface area contributed by atoms with E-state index in [-0.39, 0.29) is 29.6 Å². The Bertz CT molecular complexity index is 1490. The highest BCUT2D eigenvalue weighted by atomic mass is 32.2. The molecule has 2 aromatic carbocycles. The van der Waals surface area contributed by atoms with Crippen LogP contribution in [0.4, 0.5) is 46.9 Å². The van der Waals surface area contributed by atoms with E-state index in [0.29, 0.717) is 30.3 Å². The van der Waals surface area contributed by atoms with E-state index < -0.39 is 80.8 Å². The number of carboxylic acids is 1. The molecule has 2 aliphatic rings. The zero-order chi connectivity index (χ0) is 30.7. The molecule has 0 aromatic heterocycles. The first kappa shape index (κ1) is 30.2. The van der Waals surface area contributed by atoms with Gasteiger partial charge in [-0.2, -0.15) is 26.3 Å². The maximum Gasteiger partial charge on any atom is 0.427 e. The number of carbonyl (C=O) groups excluding carboxylic acids is 1. The number of nitrogens with one attached hydrogen (secondary N) is 1. The summed E-state index contributed by atoms with van der Waals surface area (Å²) >= 11 is 0. The van der Waals surface area contributed by atoms with Crippen LogP contribution in [0.2, 0.25) is 0 Å². The fraction of sp³-hybridized carbons (Fsp3) is 0.417. The summed E-state index contributed by atoms with van der Waals surface area (Å²) in [5.41, 5.74) is -5.33. The molecule has 0 saturated heterocycles. The highest BCUT2D eigenvalue weighted by Gasteiger charge is 2.53. The molecule has 1 aliphatic heterocycles. The molecule has 9 nitrogen and oxygen atoms in total. The summed E-state index contributed by atoms with van der Waals surface area (Å²) in [7, 11) is -4.90. The van der Waals surface area contributed by atoms with Gasteiger partial charge in [0.15, 0.2) is 0 Å². The molecule has 1 heterocycles. The van der Waals surface area contributed by atoms with E-state index in [9.17, 15) is 53.8 Å². The minimum atomic E-state index is -5.23. The van der Waals surface area contributed by atoms with Crippen molar-refractivity contribution in [1.29, 1.82) is 0 Å². The van der Waals surface area contributed by atoms with Gasteiger partial charge < -0.3 is 14.6 Å². The van der Waals surface area contributed by atoms with Crippen LogP contribution in [-0.2, 0) is 25.7 Å². The number of fused-ring (bicyclic) bond motifs is 1. The van der Waals surface area contributed by atoms with E-state index in [4.69, 9.17) is 4.74 Å². The first-order chi connectivity index (χ1) is 18.7. The maximum absolute atomic E-state index is 13.9. The smallest absolute Gasteiger partial charge is 0.427 e. The van der Waals surface area contributed by atoms with Crippen LogP contribution < -0.4 is 14.4 Å². The Morgan fingerprint density at radius 3 is 2.29 bits per heavy atom. The third kappa shape index (κ3) is 5.99. The second-order valence-electron chi connectivity index (χ2n) is 9.88. The average molecular weight is 614 g/mol. The predicted molar refractivity (Wildman–Crippen MR) is 126 cm³/mol. The van der Waals surface area contributed by atoms with Gasteiger partial charge in [-0.15, -0.1) is 0 Å². The van der Waals surface area contributed by atoms with Crippen molar-refractivity contribution < 1.29 is 63.3 Å². The van der Waals surface area contributed by atoms with Crippen molar-refractivity contribution in [3.63, 3.8) is 0 Å². The van der Waals surface area contributed by atoms with E-state index >= 15 is 0 Å². The third-order valence-electron chi connectivity index (χ3n) is 6.59. The lowest BCUT2D eigenvalue weighted by atomic mass is 10.1. The largest absolute Gasteiger partial charge is 0.486 e. The van der Waals surface area contributed by atoms with Gasteiger partial charge in [-0.05, 0) is 56.7 Å². The van der Waals surface area contributed by atoms with Gasteiger partial charge in [-0.25, -0.2) is 17.6 Å². The number of carboxylic acid groups (broad SMARTS) is 1. The average Bonchev–Trinajstić information content (AvgIpc) is 3.63. The fourth-order valence-electron chi connectivity index (χ4n) is 4.15. The van der Waals surface area contributed by atoms with Gasteiger partial charge >= 0.3 is 24.4 Å². The Kier molecular flexibility index (Phi) is 7.33. The fourth-order valence-corrected chi connectivity index (χ4v) is 5.66. The van der Waals surface area contributed by atoms with Crippen LogP contribution in [0.1, 0.15) is 25.8 Å². The maximum atomic E-state index is 13.9. The summed E-state index contributed by atoms with van der Waals surface area (Å²) in [6.07, 6.45) is -12.6. The lowest BCUT2D eigenvalue weighted by Gasteiger charge is -2.36. The van der Waals surface area contributed by atoms with Crippen molar-refractivity contribution in [2.75, 3.05) is 16.2 Å². The molecule has 2 aromatic rings. The van der Waals surface area contributed by atoms with Crippen LogP contribution in [0.5, 0.6) is 5.75 Å². The van der Waals surface area contributed by atoms with E-state index in [0.717, 1.165) is 18.2 Å². The molecule has 0 radical (unpaired) electrons. The number of hydrogen-bond acceptors (Lipinski definition) is 6. The van der Waals surface area contributed by atoms with Crippen LogP contribution in [0.3, 0.4) is 0 Å².